The first-order valence-electron chi connectivity index (χ1n) is 8.42. The lowest BCUT2D eigenvalue weighted by molar-refractivity contribution is -0.129. The van der Waals surface area contributed by atoms with Crippen LogP contribution in [0.4, 0.5) is 4.79 Å². The molecule has 3 amide bonds. The first-order chi connectivity index (χ1) is 11.9. The number of carbonyl (C=O) groups is 2. The first-order valence-corrected chi connectivity index (χ1v) is 8.42. The van der Waals surface area contributed by atoms with Crippen LogP contribution in [0.15, 0.2) is 36.4 Å². The van der Waals surface area contributed by atoms with Gasteiger partial charge in [-0.25, -0.2) is 4.79 Å². The fraction of sp³-hybridized carbons (Fsp3) is 0.421. The molecule has 0 aromatic heterocycles. The molecule has 132 valence electrons. The van der Waals surface area contributed by atoms with E-state index in [1.165, 1.54) is 0 Å². The highest BCUT2D eigenvalue weighted by atomic mass is 16.2. The van der Waals surface area contributed by atoms with Crippen molar-refractivity contribution in [3.8, 4) is 6.07 Å². The van der Waals surface area contributed by atoms with Crippen LogP contribution in [0.1, 0.15) is 31.4 Å². The smallest absolute Gasteiger partial charge is 0.318 e. The van der Waals surface area contributed by atoms with Gasteiger partial charge < -0.3 is 15.1 Å². The molecule has 1 atom stereocenters. The van der Waals surface area contributed by atoms with Crippen LogP contribution in [-0.4, -0.2) is 47.4 Å². The molecule has 1 heterocycles. The van der Waals surface area contributed by atoms with Gasteiger partial charge >= 0.3 is 6.03 Å². The Morgan fingerprint density at radius 2 is 2.12 bits per heavy atom. The maximum Gasteiger partial charge on any atom is 0.318 e. The lowest BCUT2D eigenvalue weighted by Crippen LogP contribution is -2.48. The average molecular weight is 340 g/mol. The number of amides is 3. The van der Waals surface area contributed by atoms with E-state index in [9.17, 15) is 9.59 Å². The van der Waals surface area contributed by atoms with E-state index in [-0.39, 0.29) is 11.9 Å². The maximum atomic E-state index is 12.5. The van der Waals surface area contributed by atoms with Gasteiger partial charge in [0.2, 0.25) is 5.91 Å². The summed E-state index contributed by atoms with van der Waals surface area (Å²) < 4.78 is 0. The Labute approximate surface area is 148 Å². The third kappa shape index (κ3) is 4.83. The molecule has 2 rings (SSSR count). The summed E-state index contributed by atoms with van der Waals surface area (Å²) in [6, 6.07) is 8.55. The van der Waals surface area contributed by atoms with Crippen LogP contribution in [0.5, 0.6) is 0 Å². The largest absolute Gasteiger partial charge is 0.336 e. The van der Waals surface area contributed by atoms with E-state index in [1.54, 1.807) is 21.9 Å². The number of hydrogen-bond donors (Lipinski definition) is 1. The third-order valence-electron chi connectivity index (χ3n) is 4.18. The highest BCUT2D eigenvalue weighted by molar-refractivity contribution is 5.88. The number of nitrogens with zero attached hydrogens (tertiary/aromatic N) is 3. The summed E-state index contributed by atoms with van der Waals surface area (Å²) in [6.07, 6.45) is 0.603. The van der Waals surface area contributed by atoms with Crippen molar-refractivity contribution in [2.24, 2.45) is 0 Å². The maximum absolute atomic E-state index is 12.5. The molecule has 25 heavy (non-hydrogen) atoms. The van der Waals surface area contributed by atoms with Gasteiger partial charge in [-0.2, -0.15) is 5.26 Å². The van der Waals surface area contributed by atoms with Gasteiger partial charge in [0.25, 0.3) is 0 Å². The summed E-state index contributed by atoms with van der Waals surface area (Å²) in [5.74, 6) is -0.0657. The van der Waals surface area contributed by atoms with Crippen molar-refractivity contribution >= 4 is 11.9 Å². The van der Waals surface area contributed by atoms with Gasteiger partial charge in [-0.15, -0.1) is 0 Å². The zero-order chi connectivity index (χ0) is 18.4. The summed E-state index contributed by atoms with van der Waals surface area (Å²) in [6.45, 7) is 9.74. The Morgan fingerprint density at radius 1 is 1.44 bits per heavy atom. The van der Waals surface area contributed by atoms with Crippen molar-refractivity contribution in [3.63, 3.8) is 0 Å². The van der Waals surface area contributed by atoms with Gasteiger partial charge in [-0.3, -0.25) is 4.79 Å². The van der Waals surface area contributed by atoms with E-state index in [0.717, 1.165) is 11.1 Å². The van der Waals surface area contributed by atoms with E-state index in [1.807, 2.05) is 26.0 Å². The topological polar surface area (TPSA) is 76.4 Å². The fourth-order valence-corrected chi connectivity index (χ4v) is 2.83. The fourth-order valence-electron chi connectivity index (χ4n) is 2.83. The summed E-state index contributed by atoms with van der Waals surface area (Å²) >= 11 is 0. The molecule has 1 fully saturated rings. The highest BCUT2D eigenvalue weighted by Crippen LogP contribution is 2.16. The third-order valence-corrected chi connectivity index (χ3v) is 4.18. The van der Waals surface area contributed by atoms with Crippen LogP contribution in [0.25, 0.3) is 0 Å². The second-order valence-corrected chi connectivity index (χ2v) is 6.33. The number of hydrogen-bond acceptors (Lipinski definition) is 3. The molecule has 1 aliphatic rings. The number of urea groups is 1. The van der Waals surface area contributed by atoms with Crippen molar-refractivity contribution in [1.29, 1.82) is 5.26 Å². The molecule has 1 unspecified atom stereocenters. The zero-order valence-electron chi connectivity index (χ0n) is 14.8. The number of nitriles is 1. The predicted molar refractivity (Wildman–Crippen MR) is 95.6 cm³/mol. The second kappa shape index (κ2) is 8.34. The van der Waals surface area contributed by atoms with Crippen LogP contribution in [0.2, 0.25) is 0 Å². The molecule has 1 aliphatic heterocycles. The number of likely N-dealkylation sites (N-methyl/N-ethyl adjacent to an activating group) is 1. The van der Waals surface area contributed by atoms with Gasteiger partial charge in [0.1, 0.15) is 6.04 Å². The predicted octanol–water partition coefficient (Wildman–Crippen LogP) is 2.27. The van der Waals surface area contributed by atoms with Crippen molar-refractivity contribution in [3.05, 3.63) is 47.5 Å². The zero-order valence-corrected chi connectivity index (χ0v) is 14.8. The van der Waals surface area contributed by atoms with Crippen molar-refractivity contribution in [2.75, 3.05) is 19.6 Å². The Bertz CT molecular complexity index is 690. The second-order valence-electron chi connectivity index (χ2n) is 6.33. The number of rotatable bonds is 6. The number of nitrogens with one attached hydrogen (secondary N) is 1. The monoisotopic (exact) mass is 340 g/mol. The van der Waals surface area contributed by atoms with Crippen LogP contribution in [0.3, 0.4) is 0 Å². The molecule has 0 saturated carbocycles. The molecule has 1 N–H and O–H groups in total. The Balaban J connectivity index is 1.93. The summed E-state index contributed by atoms with van der Waals surface area (Å²) in [4.78, 5) is 28.2. The molecule has 1 saturated heterocycles. The molecule has 6 heteroatoms. The van der Waals surface area contributed by atoms with Gasteiger partial charge in [-0.1, -0.05) is 24.3 Å². The Morgan fingerprint density at radius 3 is 2.68 bits per heavy atom. The standard InChI is InChI=1S/C19H24N4O2/c1-4-22(12-14(2)3)19(25)21-17-9-10-23(18(17)24)13-16-7-5-15(11-20)6-8-16/h5-8,17H,2,4,9-10,12-13H2,1,3H3,(H,21,25). The van der Waals surface area contributed by atoms with E-state index in [0.29, 0.717) is 38.2 Å². The molecule has 6 nitrogen and oxygen atoms in total. The summed E-state index contributed by atoms with van der Waals surface area (Å²) in [5, 5.41) is 11.7. The lowest BCUT2D eigenvalue weighted by Gasteiger charge is -2.23. The van der Waals surface area contributed by atoms with Crippen LogP contribution in [-0.2, 0) is 11.3 Å². The van der Waals surface area contributed by atoms with Crippen LogP contribution >= 0.6 is 0 Å². The van der Waals surface area contributed by atoms with Crippen LogP contribution in [0, 0.1) is 11.3 Å². The summed E-state index contributed by atoms with van der Waals surface area (Å²) in [5.41, 5.74) is 2.47. The molecule has 1 aromatic carbocycles. The van der Waals surface area contributed by atoms with Gasteiger partial charge in [0, 0.05) is 26.2 Å². The average Bonchev–Trinajstić information content (AvgIpc) is 2.93. The van der Waals surface area contributed by atoms with Gasteiger partial charge in [-0.05, 0) is 38.0 Å². The van der Waals surface area contributed by atoms with Crippen molar-refractivity contribution in [2.45, 2.75) is 32.9 Å². The normalized spacial score (nSPS) is 16.4. The van der Waals surface area contributed by atoms with E-state index >= 15 is 0 Å². The van der Waals surface area contributed by atoms with Gasteiger partial charge in [0.15, 0.2) is 0 Å². The number of benzene rings is 1. The minimum absolute atomic E-state index is 0.0657. The van der Waals surface area contributed by atoms with Crippen molar-refractivity contribution in [1.82, 2.24) is 15.1 Å². The molecule has 0 bridgehead atoms. The quantitative estimate of drug-likeness (QED) is 0.807. The lowest BCUT2D eigenvalue weighted by atomic mass is 10.1. The minimum Gasteiger partial charge on any atom is -0.336 e. The van der Waals surface area contributed by atoms with Gasteiger partial charge in [0.05, 0.1) is 11.6 Å². The minimum atomic E-state index is -0.481. The van der Waals surface area contributed by atoms with Crippen LogP contribution < -0.4 is 5.32 Å². The van der Waals surface area contributed by atoms with E-state index in [2.05, 4.69) is 18.0 Å². The first kappa shape index (κ1) is 18.5. The molecule has 0 aliphatic carbocycles. The molecule has 0 radical (unpaired) electrons. The van der Waals surface area contributed by atoms with Crippen molar-refractivity contribution < 1.29 is 9.59 Å². The SMILES string of the molecule is C=C(C)CN(CC)C(=O)NC1CCN(Cc2ccc(C#N)cc2)C1=O. The molecule has 1 aromatic rings. The molecular formula is C19H24N4O2. The summed E-state index contributed by atoms with van der Waals surface area (Å²) in [7, 11) is 0. The number of carbonyl (C=O) groups excluding carboxylic acids is 2. The van der Waals surface area contributed by atoms with E-state index in [4.69, 9.17) is 5.26 Å². The Kier molecular flexibility index (Phi) is 6.18. The molecular weight excluding hydrogens is 316 g/mol. The number of likely N-dealkylation sites (tertiary alicyclic amines) is 1. The highest BCUT2D eigenvalue weighted by Gasteiger charge is 2.33. The molecule has 0 spiro atoms. The Hall–Kier alpha value is -2.81. The van der Waals surface area contributed by atoms with E-state index < -0.39 is 6.04 Å².